The normalized spacial score (nSPS) is 11.2. The van der Waals surface area contributed by atoms with Gasteiger partial charge in [0.2, 0.25) is 0 Å². The Hall–Kier alpha value is -3.12. The van der Waals surface area contributed by atoms with Crippen LogP contribution in [0.3, 0.4) is 0 Å². The van der Waals surface area contributed by atoms with Crippen LogP contribution >= 0.6 is 0 Å². The third-order valence-electron chi connectivity index (χ3n) is 3.88. The molecule has 0 fully saturated rings. The van der Waals surface area contributed by atoms with Crippen LogP contribution in [0.25, 0.3) is 11.1 Å². The van der Waals surface area contributed by atoms with Crippen LogP contribution in [-0.4, -0.2) is 5.91 Å². The van der Waals surface area contributed by atoms with Crippen LogP contribution in [0.2, 0.25) is 0 Å². The lowest BCUT2D eigenvalue weighted by atomic mass is 9.98. The van der Waals surface area contributed by atoms with Crippen LogP contribution in [0.4, 0.5) is 24.5 Å². The van der Waals surface area contributed by atoms with E-state index in [-0.39, 0.29) is 5.91 Å². The van der Waals surface area contributed by atoms with E-state index >= 15 is 0 Å². The third kappa shape index (κ3) is 3.92. The molecule has 3 aromatic carbocycles. The number of alkyl halides is 3. The number of nitrogens with one attached hydrogen (secondary N) is 1. The molecule has 3 aromatic rings. The molecule has 1 amide bonds. The minimum atomic E-state index is -4.39. The Balaban J connectivity index is 1.92. The number of benzene rings is 3. The van der Waals surface area contributed by atoms with Gasteiger partial charge >= 0.3 is 6.18 Å². The molecule has 3 rings (SSSR count). The first kappa shape index (κ1) is 17.7. The van der Waals surface area contributed by atoms with Gasteiger partial charge in [0.25, 0.3) is 5.91 Å². The number of carbonyl (C=O) groups excluding carboxylic acids is 1. The zero-order valence-electron chi connectivity index (χ0n) is 13.7. The number of amides is 1. The van der Waals surface area contributed by atoms with Crippen molar-refractivity contribution >= 4 is 17.3 Å². The summed E-state index contributed by atoms with van der Waals surface area (Å²) in [6.07, 6.45) is -4.39. The lowest BCUT2D eigenvalue weighted by Gasteiger charge is -2.12. The summed E-state index contributed by atoms with van der Waals surface area (Å²) in [6.45, 7) is 0. The fraction of sp³-hybridized carbons (Fsp3) is 0.0500. The van der Waals surface area contributed by atoms with Crippen LogP contribution in [0.1, 0.15) is 15.9 Å². The Morgan fingerprint density at radius 3 is 2.23 bits per heavy atom. The molecule has 0 radical (unpaired) electrons. The molecule has 0 saturated heterocycles. The maximum atomic E-state index is 12.7. The highest BCUT2D eigenvalue weighted by molar-refractivity contribution is 6.08. The van der Waals surface area contributed by atoms with Gasteiger partial charge in [-0.25, -0.2) is 0 Å². The summed E-state index contributed by atoms with van der Waals surface area (Å²) in [5.41, 5.74) is 5.92. The minimum absolute atomic E-state index is 0.342. The first-order valence-corrected chi connectivity index (χ1v) is 7.84. The van der Waals surface area contributed by atoms with Crippen LogP contribution in [0.5, 0.6) is 0 Å². The van der Waals surface area contributed by atoms with E-state index < -0.39 is 11.7 Å². The molecule has 132 valence electrons. The van der Waals surface area contributed by atoms with E-state index in [1.165, 1.54) is 12.1 Å². The van der Waals surface area contributed by atoms with Crippen molar-refractivity contribution in [1.29, 1.82) is 0 Å². The Morgan fingerprint density at radius 2 is 1.58 bits per heavy atom. The second kappa shape index (κ2) is 7.01. The Labute approximate surface area is 148 Å². The molecule has 0 atom stereocenters. The second-order valence-electron chi connectivity index (χ2n) is 5.78. The van der Waals surface area contributed by atoms with Crippen molar-refractivity contribution in [2.45, 2.75) is 6.18 Å². The van der Waals surface area contributed by atoms with E-state index in [1.807, 2.05) is 6.07 Å². The van der Waals surface area contributed by atoms with Crippen molar-refractivity contribution in [2.75, 3.05) is 5.32 Å². The molecule has 0 aliphatic rings. The molecule has 0 aliphatic heterocycles. The first-order valence-electron chi connectivity index (χ1n) is 7.84. The summed E-state index contributed by atoms with van der Waals surface area (Å²) in [7, 11) is 0. The van der Waals surface area contributed by atoms with Crippen molar-refractivity contribution in [3.8, 4) is 11.1 Å². The summed E-state index contributed by atoms with van der Waals surface area (Å²) in [4.78, 5) is 12.6. The van der Waals surface area contributed by atoms with Crippen LogP contribution in [0, 0.1) is 0 Å². The zero-order valence-corrected chi connectivity index (χ0v) is 13.7. The van der Waals surface area contributed by atoms with Gasteiger partial charge in [-0.15, -0.1) is 0 Å². The second-order valence-corrected chi connectivity index (χ2v) is 5.78. The molecule has 4 N–H and O–H groups in total. The number of halogens is 3. The molecule has 3 nitrogen and oxygen atoms in total. The molecule has 0 heterocycles. The first-order chi connectivity index (χ1) is 12.3. The van der Waals surface area contributed by atoms with Gasteiger partial charge in [-0.1, -0.05) is 36.4 Å². The lowest BCUT2D eigenvalue weighted by molar-refractivity contribution is -0.254. The highest BCUT2D eigenvalue weighted by atomic mass is 19.4. The molecule has 0 saturated carbocycles. The minimum Gasteiger partial charge on any atom is -0.325 e. The standard InChI is InChI=1S/C20H15F3N2O/c21-20(22,23)14-10-8-13(9-11-14)17-6-1-2-7-18(17)19(26)25-16-5-3-4-15(24)12-16/h1-12H,24H2,(H,25,26)/p+1. The molecule has 0 bridgehead atoms. The van der Waals surface area contributed by atoms with E-state index in [2.05, 4.69) is 11.1 Å². The Kier molecular flexibility index (Phi) is 4.77. The topological polar surface area (TPSA) is 56.7 Å². The van der Waals surface area contributed by atoms with Gasteiger partial charge in [0, 0.05) is 17.3 Å². The fourth-order valence-corrected chi connectivity index (χ4v) is 2.62. The average molecular weight is 357 g/mol. The molecular weight excluding hydrogens is 341 g/mol. The number of anilines is 1. The van der Waals surface area contributed by atoms with E-state index in [0.717, 1.165) is 17.8 Å². The predicted molar refractivity (Wildman–Crippen MR) is 93.8 cm³/mol. The number of rotatable bonds is 3. The number of hydrogen-bond donors (Lipinski definition) is 2. The van der Waals surface area contributed by atoms with Gasteiger partial charge in [-0.3, -0.25) is 4.79 Å². The summed E-state index contributed by atoms with van der Waals surface area (Å²) in [5, 5.41) is 2.79. The summed E-state index contributed by atoms with van der Waals surface area (Å²) >= 11 is 0. The molecule has 0 unspecified atom stereocenters. The highest BCUT2D eigenvalue weighted by Gasteiger charge is 2.30. The maximum absolute atomic E-state index is 12.7. The SMILES string of the molecule is [NH3+]c1cccc(NC(=O)c2ccccc2-c2ccc(C(F)(F)F)cc2)c1. The largest absolute Gasteiger partial charge is 0.416 e. The van der Waals surface area contributed by atoms with Gasteiger partial charge in [0.05, 0.1) is 5.56 Å². The van der Waals surface area contributed by atoms with E-state index in [0.29, 0.717) is 22.4 Å². The molecule has 26 heavy (non-hydrogen) atoms. The van der Waals surface area contributed by atoms with Crippen LogP contribution < -0.4 is 11.1 Å². The van der Waals surface area contributed by atoms with Gasteiger partial charge in [0.1, 0.15) is 5.69 Å². The lowest BCUT2D eigenvalue weighted by Crippen LogP contribution is -2.40. The Bertz CT molecular complexity index is 934. The van der Waals surface area contributed by atoms with Crippen molar-refractivity contribution in [2.24, 2.45) is 0 Å². The molecule has 0 spiro atoms. The zero-order chi connectivity index (χ0) is 18.7. The van der Waals surface area contributed by atoms with Crippen molar-refractivity contribution in [1.82, 2.24) is 0 Å². The third-order valence-corrected chi connectivity index (χ3v) is 3.88. The number of carbonyl (C=O) groups is 1. The fourth-order valence-electron chi connectivity index (χ4n) is 2.62. The van der Waals surface area contributed by atoms with Crippen molar-refractivity contribution in [3.05, 3.63) is 83.9 Å². The quantitative estimate of drug-likeness (QED) is 0.712. The smallest absolute Gasteiger partial charge is 0.325 e. The van der Waals surface area contributed by atoms with Crippen molar-refractivity contribution in [3.63, 3.8) is 0 Å². The Morgan fingerprint density at radius 1 is 0.885 bits per heavy atom. The molecule has 0 aliphatic carbocycles. The summed E-state index contributed by atoms with van der Waals surface area (Å²) in [6, 6.07) is 18.6. The molecular formula is C20H16F3N2O+. The van der Waals surface area contributed by atoms with Crippen LogP contribution in [-0.2, 0) is 6.18 Å². The molecule has 6 heteroatoms. The van der Waals surface area contributed by atoms with E-state index in [4.69, 9.17) is 0 Å². The highest BCUT2D eigenvalue weighted by Crippen LogP contribution is 2.32. The summed E-state index contributed by atoms with van der Waals surface area (Å²) in [5.74, 6) is -0.342. The molecule has 0 aromatic heterocycles. The monoisotopic (exact) mass is 357 g/mol. The van der Waals surface area contributed by atoms with Crippen LogP contribution in [0.15, 0.2) is 72.8 Å². The number of hydrogen-bond acceptors (Lipinski definition) is 1. The van der Waals surface area contributed by atoms with Gasteiger partial charge < -0.3 is 11.1 Å². The van der Waals surface area contributed by atoms with Gasteiger partial charge in [-0.05, 0) is 41.5 Å². The van der Waals surface area contributed by atoms with E-state index in [9.17, 15) is 18.0 Å². The van der Waals surface area contributed by atoms with E-state index in [1.54, 1.807) is 42.5 Å². The van der Waals surface area contributed by atoms with Crippen molar-refractivity contribution < 1.29 is 23.7 Å². The average Bonchev–Trinajstić information content (AvgIpc) is 2.61. The number of quaternary nitrogens is 1. The summed E-state index contributed by atoms with van der Waals surface area (Å²) < 4.78 is 38.2. The maximum Gasteiger partial charge on any atom is 0.416 e. The predicted octanol–water partition coefficient (Wildman–Crippen LogP) is 4.50. The van der Waals surface area contributed by atoms with Gasteiger partial charge in [0.15, 0.2) is 0 Å². The van der Waals surface area contributed by atoms with Gasteiger partial charge in [-0.2, -0.15) is 13.2 Å².